The number of amides is 1. The topological polar surface area (TPSA) is 84.5 Å². The summed E-state index contributed by atoms with van der Waals surface area (Å²) in [6.45, 7) is 0. The van der Waals surface area contributed by atoms with Crippen molar-refractivity contribution in [2.45, 2.75) is 0 Å². The maximum atomic E-state index is 11.8. The first kappa shape index (κ1) is 14.3. The molecule has 1 amide bonds. The number of carbonyl (C=O) groups is 3. The third-order valence-corrected chi connectivity index (χ3v) is 2.51. The van der Waals surface area contributed by atoms with Crippen LogP contribution in [0.1, 0.15) is 10.4 Å². The zero-order valence-electron chi connectivity index (χ0n) is 10.9. The monoisotopic (exact) mass is 284 g/mol. The molecule has 0 spiro atoms. The number of anilines is 1. The number of nitrogens with one attached hydrogen (secondary N) is 2. The number of hydrazine groups is 1. The highest BCUT2D eigenvalue weighted by atomic mass is 16.5. The summed E-state index contributed by atoms with van der Waals surface area (Å²) < 4.78 is 5.19. The van der Waals surface area contributed by atoms with Gasteiger partial charge >= 0.3 is 11.9 Å². The minimum atomic E-state index is -0.783. The molecule has 0 radical (unpaired) electrons. The highest BCUT2D eigenvalue weighted by molar-refractivity contribution is 6.23. The number of hydrogen-bond donors (Lipinski definition) is 2. The molecule has 0 unspecified atom stereocenters. The van der Waals surface area contributed by atoms with Gasteiger partial charge in [-0.2, -0.15) is 0 Å². The van der Waals surface area contributed by atoms with Gasteiger partial charge < -0.3 is 4.74 Å². The van der Waals surface area contributed by atoms with Gasteiger partial charge in [-0.25, -0.2) is 4.79 Å². The Bertz CT molecular complexity index is 638. The minimum absolute atomic E-state index is 0.156. The van der Waals surface area contributed by atoms with E-state index in [1.165, 1.54) is 0 Å². The molecule has 2 N–H and O–H groups in total. The van der Waals surface area contributed by atoms with Crippen LogP contribution < -0.4 is 15.6 Å². The van der Waals surface area contributed by atoms with Gasteiger partial charge in [-0.1, -0.05) is 18.2 Å². The molecule has 0 aliphatic heterocycles. The van der Waals surface area contributed by atoms with E-state index in [0.717, 1.165) is 0 Å². The van der Waals surface area contributed by atoms with Gasteiger partial charge in [-0.3, -0.25) is 20.4 Å². The fraction of sp³-hybridized carbons (Fsp3) is 0. The predicted molar refractivity (Wildman–Crippen MR) is 75.7 cm³/mol. The molecule has 0 aromatic heterocycles. The SMILES string of the molecule is O=CC(=O)NNc1ccc(OC(=O)c2ccccc2)cc1. The molecule has 0 aliphatic carbocycles. The summed E-state index contributed by atoms with van der Waals surface area (Å²) in [5.74, 6) is -0.865. The summed E-state index contributed by atoms with van der Waals surface area (Å²) >= 11 is 0. The van der Waals surface area contributed by atoms with Crippen molar-refractivity contribution in [1.82, 2.24) is 5.43 Å². The Balaban J connectivity index is 1.95. The lowest BCUT2D eigenvalue weighted by Gasteiger charge is -2.07. The van der Waals surface area contributed by atoms with Crippen LogP contribution in [0.15, 0.2) is 54.6 Å². The maximum Gasteiger partial charge on any atom is 0.343 e. The van der Waals surface area contributed by atoms with Crippen LogP contribution in [0.5, 0.6) is 5.75 Å². The highest BCUT2D eigenvalue weighted by Crippen LogP contribution is 2.16. The van der Waals surface area contributed by atoms with Crippen molar-refractivity contribution >= 4 is 23.9 Å². The summed E-state index contributed by atoms with van der Waals surface area (Å²) in [6.07, 6.45) is 0.156. The van der Waals surface area contributed by atoms with Crippen LogP contribution >= 0.6 is 0 Å². The van der Waals surface area contributed by atoms with Gasteiger partial charge in [0, 0.05) is 0 Å². The van der Waals surface area contributed by atoms with Crippen LogP contribution in [-0.2, 0) is 9.59 Å². The molecule has 2 aromatic carbocycles. The Morgan fingerprint density at radius 1 is 0.952 bits per heavy atom. The average molecular weight is 284 g/mol. The molecule has 0 saturated carbocycles. The molecule has 0 aliphatic rings. The Kier molecular flexibility index (Phi) is 4.66. The number of carbonyl (C=O) groups excluding carboxylic acids is 3. The quantitative estimate of drug-likeness (QED) is 0.286. The number of esters is 1. The third-order valence-electron chi connectivity index (χ3n) is 2.51. The van der Waals surface area contributed by atoms with E-state index in [4.69, 9.17) is 4.74 Å². The van der Waals surface area contributed by atoms with E-state index in [2.05, 4.69) is 10.9 Å². The second kappa shape index (κ2) is 6.85. The lowest BCUT2D eigenvalue weighted by atomic mass is 10.2. The first-order chi connectivity index (χ1) is 10.2. The standard InChI is InChI=1S/C15H12N2O4/c18-10-14(19)17-16-12-6-8-13(9-7-12)21-15(20)11-4-2-1-3-5-11/h1-10,16H,(H,17,19). The normalized spacial score (nSPS) is 9.52. The first-order valence-electron chi connectivity index (χ1n) is 6.07. The molecular weight excluding hydrogens is 272 g/mol. The van der Waals surface area contributed by atoms with Gasteiger partial charge in [0.15, 0.2) is 0 Å². The molecule has 0 heterocycles. The Morgan fingerprint density at radius 2 is 1.62 bits per heavy atom. The molecule has 6 heteroatoms. The predicted octanol–water partition coefficient (Wildman–Crippen LogP) is 1.55. The molecule has 106 valence electrons. The zero-order chi connectivity index (χ0) is 15.1. The fourth-order valence-corrected chi connectivity index (χ4v) is 1.51. The van der Waals surface area contributed by atoms with E-state index in [0.29, 0.717) is 17.0 Å². The van der Waals surface area contributed by atoms with E-state index >= 15 is 0 Å². The molecule has 0 saturated heterocycles. The Labute approximate surface area is 120 Å². The van der Waals surface area contributed by atoms with Gasteiger partial charge in [-0.15, -0.1) is 0 Å². The lowest BCUT2D eigenvalue weighted by molar-refractivity contribution is -0.130. The van der Waals surface area contributed by atoms with Crippen molar-refractivity contribution in [2.24, 2.45) is 0 Å². The van der Waals surface area contributed by atoms with Crippen molar-refractivity contribution in [3.63, 3.8) is 0 Å². The summed E-state index contributed by atoms with van der Waals surface area (Å²) in [6, 6.07) is 15.0. The smallest absolute Gasteiger partial charge is 0.343 e. The van der Waals surface area contributed by atoms with Gasteiger partial charge in [0.2, 0.25) is 6.29 Å². The van der Waals surface area contributed by atoms with Crippen molar-refractivity contribution in [1.29, 1.82) is 0 Å². The number of hydrogen-bond acceptors (Lipinski definition) is 5. The van der Waals surface area contributed by atoms with Gasteiger partial charge in [0.1, 0.15) is 5.75 Å². The molecule has 6 nitrogen and oxygen atoms in total. The molecule has 2 aromatic rings. The molecule has 2 rings (SSSR count). The van der Waals surface area contributed by atoms with Gasteiger partial charge in [-0.05, 0) is 36.4 Å². The highest BCUT2D eigenvalue weighted by Gasteiger charge is 2.07. The van der Waals surface area contributed by atoms with Crippen LogP contribution in [0.25, 0.3) is 0 Å². The van der Waals surface area contributed by atoms with E-state index in [1.54, 1.807) is 48.5 Å². The number of ether oxygens (including phenoxy) is 1. The Hall–Kier alpha value is -3.15. The number of benzene rings is 2. The van der Waals surface area contributed by atoms with E-state index in [1.807, 2.05) is 6.07 Å². The minimum Gasteiger partial charge on any atom is -0.423 e. The molecule has 0 atom stereocenters. The van der Waals surface area contributed by atoms with Crippen LogP contribution in [0.2, 0.25) is 0 Å². The number of aldehydes is 1. The van der Waals surface area contributed by atoms with Crippen LogP contribution in [0.3, 0.4) is 0 Å². The largest absolute Gasteiger partial charge is 0.423 e. The zero-order valence-corrected chi connectivity index (χ0v) is 10.9. The van der Waals surface area contributed by atoms with Crippen LogP contribution in [0.4, 0.5) is 5.69 Å². The lowest BCUT2D eigenvalue weighted by Crippen LogP contribution is -2.29. The van der Waals surface area contributed by atoms with Crippen LogP contribution in [0, 0.1) is 0 Å². The first-order valence-corrected chi connectivity index (χ1v) is 6.07. The summed E-state index contributed by atoms with van der Waals surface area (Å²) in [4.78, 5) is 32.7. The van der Waals surface area contributed by atoms with Crippen molar-refractivity contribution < 1.29 is 19.1 Å². The van der Waals surface area contributed by atoms with E-state index in [-0.39, 0.29) is 6.29 Å². The molecular formula is C15H12N2O4. The maximum absolute atomic E-state index is 11.8. The number of rotatable bonds is 5. The average Bonchev–Trinajstić information content (AvgIpc) is 2.54. The molecule has 0 bridgehead atoms. The van der Waals surface area contributed by atoms with Crippen molar-refractivity contribution in [3.8, 4) is 5.75 Å². The van der Waals surface area contributed by atoms with Gasteiger partial charge in [0.25, 0.3) is 0 Å². The van der Waals surface area contributed by atoms with E-state index in [9.17, 15) is 14.4 Å². The molecule has 21 heavy (non-hydrogen) atoms. The summed E-state index contributed by atoms with van der Waals surface area (Å²) in [7, 11) is 0. The fourth-order valence-electron chi connectivity index (χ4n) is 1.51. The Morgan fingerprint density at radius 3 is 2.24 bits per heavy atom. The summed E-state index contributed by atoms with van der Waals surface area (Å²) in [5.41, 5.74) is 5.71. The van der Waals surface area contributed by atoms with Crippen molar-refractivity contribution in [2.75, 3.05) is 5.43 Å². The van der Waals surface area contributed by atoms with Crippen molar-refractivity contribution in [3.05, 3.63) is 60.2 Å². The summed E-state index contributed by atoms with van der Waals surface area (Å²) in [5, 5.41) is 0. The second-order valence-corrected chi connectivity index (χ2v) is 4.01. The van der Waals surface area contributed by atoms with Crippen LogP contribution in [-0.4, -0.2) is 18.2 Å². The third kappa shape index (κ3) is 4.17. The van der Waals surface area contributed by atoms with Gasteiger partial charge in [0.05, 0.1) is 11.3 Å². The van der Waals surface area contributed by atoms with E-state index < -0.39 is 11.9 Å². The molecule has 0 fully saturated rings. The second-order valence-electron chi connectivity index (χ2n) is 4.01.